The first-order valence-electron chi connectivity index (χ1n) is 9.59. The molecule has 1 atom stereocenters. The van der Waals surface area contributed by atoms with Crippen molar-refractivity contribution < 1.29 is 9.59 Å². The van der Waals surface area contributed by atoms with Crippen LogP contribution in [0.1, 0.15) is 38.3 Å². The minimum atomic E-state index is -0.225. The zero-order valence-corrected chi connectivity index (χ0v) is 16.3. The Labute approximate surface area is 165 Å². The van der Waals surface area contributed by atoms with Crippen LogP contribution in [-0.2, 0) is 9.59 Å². The van der Waals surface area contributed by atoms with E-state index >= 15 is 0 Å². The van der Waals surface area contributed by atoms with E-state index in [0.29, 0.717) is 12.1 Å². The molecule has 0 radical (unpaired) electrons. The van der Waals surface area contributed by atoms with E-state index in [2.05, 4.69) is 15.7 Å². The second-order valence-electron chi connectivity index (χ2n) is 7.09. The topological polar surface area (TPSA) is 73.8 Å². The van der Waals surface area contributed by atoms with E-state index in [0.717, 1.165) is 11.3 Å². The van der Waals surface area contributed by atoms with Crippen LogP contribution in [0.4, 0.5) is 5.69 Å². The molecule has 1 aliphatic heterocycles. The minimum Gasteiger partial charge on any atom is -0.354 e. The molecule has 0 fully saturated rings. The number of carbonyl (C=O) groups excluding carboxylic acids is 2. The normalized spacial score (nSPS) is 16.0. The summed E-state index contributed by atoms with van der Waals surface area (Å²) in [6.07, 6.45) is 0.768. The fourth-order valence-corrected chi connectivity index (χ4v) is 3.19. The van der Waals surface area contributed by atoms with Crippen LogP contribution in [0.3, 0.4) is 0 Å². The molecule has 2 aromatic carbocycles. The van der Waals surface area contributed by atoms with E-state index < -0.39 is 0 Å². The summed E-state index contributed by atoms with van der Waals surface area (Å²) in [6, 6.07) is 19.9. The summed E-state index contributed by atoms with van der Waals surface area (Å²) in [5.41, 5.74) is 2.52. The molecule has 0 saturated heterocycles. The smallest absolute Gasteiger partial charge is 0.267 e. The highest BCUT2D eigenvalue weighted by Gasteiger charge is 2.32. The Morgan fingerprint density at radius 2 is 1.71 bits per heavy atom. The molecule has 0 spiro atoms. The van der Waals surface area contributed by atoms with Crippen molar-refractivity contribution in [2.24, 2.45) is 5.10 Å². The van der Waals surface area contributed by atoms with E-state index in [1.165, 1.54) is 0 Å². The van der Waals surface area contributed by atoms with E-state index in [-0.39, 0.29) is 36.9 Å². The number of para-hydroxylation sites is 1. The lowest BCUT2D eigenvalue weighted by Gasteiger charge is -2.23. The van der Waals surface area contributed by atoms with E-state index in [1.807, 2.05) is 79.5 Å². The average molecular weight is 378 g/mol. The fraction of sp³-hybridized carbons (Fsp3) is 0.318. The predicted molar refractivity (Wildman–Crippen MR) is 111 cm³/mol. The Kier molecular flexibility index (Phi) is 6.42. The van der Waals surface area contributed by atoms with Gasteiger partial charge < -0.3 is 10.6 Å². The predicted octanol–water partition coefficient (Wildman–Crippen LogP) is 3.02. The third kappa shape index (κ3) is 4.97. The van der Waals surface area contributed by atoms with Gasteiger partial charge in [0.25, 0.3) is 5.91 Å². The van der Waals surface area contributed by atoms with Gasteiger partial charge >= 0.3 is 0 Å². The highest BCUT2D eigenvalue weighted by molar-refractivity contribution is 6.39. The van der Waals surface area contributed by atoms with Crippen LogP contribution < -0.4 is 15.6 Å². The van der Waals surface area contributed by atoms with Crippen LogP contribution in [0.25, 0.3) is 0 Å². The zero-order valence-electron chi connectivity index (χ0n) is 16.3. The summed E-state index contributed by atoms with van der Waals surface area (Å²) in [7, 11) is 0. The zero-order chi connectivity index (χ0) is 19.9. The number of nitrogens with zero attached hydrogens (tertiary/aromatic N) is 2. The molecule has 3 rings (SSSR count). The van der Waals surface area contributed by atoms with E-state index in [4.69, 9.17) is 0 Å². The molecule has 1 heterocycles. The van der Waals surface area contributed by atoms with Crippen LogP contribution in [0.2, 0.25) is 0 Å². The van der Waals surface area contributed by atoms with Crippen molar-refractivity contribution >= 4 is 23.2 Å². The molecule has 28 heavy (non-hydrogen) atoms. The van der Waals surface area contributed by atoms with E-state index in [1.54, 1.807) is 0 Å². The quantitative estimate of drug-likeness (QED) is 0.778. The summed E-state index contributed by atoms with van der Waals surface area (Å²) in [5.74, 6) is -0.298. The first kappa shape index (κ1) is 19.6. The van der Waals surface area contributed by atoms with E-state index in [9.17, 15) is 9.59 Å². The number of hydrogen-bond acceptors (Lipinski definition) is 4. The van der Waals surface area contributed by atoms with Gasteiger partial charge in [0.05, 0.1) is 11.7 Å². The molecule has 0 bridgehead atoms. The van der Waals surface area contributed by atoms with Gasteiger partial charge in [-0.3, -0.25) is 14.6 Å². The second kappa shape index (κ2) is 9.17. The number of hydrazone groups is 1. The molecular formula is C22H26N4O2. The maximum absolute atomic E-state index is 12.6. The lowest BCUT2D eigenvalue weighted by Crippen LogP contribution is -2.36. The fourth-order valence-electron chi connectivity index (χ4n) is 3.19. The second-order valence-corrected chi connectivity index (χ2v) is 7.09. The summed E-state index contributed by atoms with van der Waals surface area (Å²) in [5, 5.41) is 12.1. The van der Waals surface area contributed by atoms with Crippen molar-refractivity contribution in [1.82, 2.24) is 10.6 Å². The average Bonchev–Trinajstić information content (AvgIpc) is 3.14. The SMILES string of the molecule is CC(C)NC(=O)CCNC(=O)C1=NN(c2ccccc2)[C@@H](c2ccccc2)C1. The van der Waals surface area contributed by atoms with Crippen LogP contribution in [0, 0.1) is 0 Å². The molecule has 2 aromatic rings. The molecule has 0 aromatic heterocycles. The number of hydrogen-bond donors (Lipinski definition) is 2. The monoisotopic (exact) mass is 378 g/mol. The van der Waals surface area contributed by atoms with Crippen LogP contribution in [0.15, 0.2) is 65.8 Å². The van der Waals surface area contributed by atoms with Crippen LogP contribution >= 0.6 is 0 Å². The lowest BCUT2D eigenvalue weighted by atomic mass is 10.0. The molecule has 2 amide bonds. The molecule has 2 N–H and O–H groups in total. The number of nitrogens with one attached hydrogen (secondary N) is 2. The van der Waals surface area contributed by atoms with Gasteiger partial charge in [0.2, 0.25) is 5.91 Å². The largest absolute Gasteiger partial charge is 0.354 e. The standard InChI is InChI=1S/C22H26N4O2/c1-16(2)24-21(27)13-14-23-22(28)19-15-20(17-9-5-3-6-10-17)26(25-19)18-11-7-4-8-12-18/h3-12,16,20H,13-15H2,1-2H3,(H,23,28)(H,24,27)/t20-/m1/s1. The van der Waals surface area contributed by atoms with Crippen LogP contribution in [0.5, 0.6) is 0 Å². The van der Waals surface area contributed by atoms with Crippen molar-refractivity contribution in [2.45, 2.75) is 38.8 Å². The summed E-state index contributed by atoms with van der Waals surface area (Å²) >= 11 is 0. The lowest BCUT2D eigenvalue weighted by molar-refractivity contribution is -0.121. The molecule has 0 unspecified atom stereocenters. The first-order chi connectivity index (χ1) is 13.5. The summed E-state index contributed by atoms with van der Waals surface area (Å²) in [6.45, 7) is 4.11. The number of anilines is 1. The Balaban J connectivity index is 1.69. The third-order valence-electron chi connectivity index (χ3n) is 4.46. The Morgan fingerprint density at radius 1 is 1.07 bits per heavy atom. The van der Waals surface area contributed by atoms with Gasteiger partial charge in [-0.1, -0.05) is 48.5 Å². The Morgan fingerprint density at radius 3 is 2.36 bits per heavy atom. The number of rotatable bonds is 7. The number of amides is 2. The van der Waals surface area contributed by atoms with Crippen molar-refractivity contribution in [2.75, 3.05) is 11.6 Å². The van der Waals surface area contributed by atoms with Gasteiger partial charge in [0, 0.05) is 25.4 Å². The highest BCUT2D eigenvalue weighted by Crippen LogP contribution is 2.34. The Hall–Kier alpha value is -3.15. The number of carbonyl (C=O) groups is 2. The maximum Gasteiger partial charge on any atom is 0.267 e. The van der Waals surface area contributed by atoms with Gasteiger partial charge in [-0.2, -0.15) is 5.10 Å². The van der Waals surface area contributed by atoms with Crippen molar-refractivity contribution in [1.29, 1.82) is 0 Å². The Bertz CT molecular complexity index is 834. The molecule has 6 heteroatoms. The summed E-state index contributed by atoms with van der Waals surface area (Å²) in [4.78, 5) is 24.3. The molecule has 1 aliphatic rings. The first-order valence-corrected chi connectivity index (χ1v) is 9.59. The van der Waals surface area contributed by atoms with Gasteiger partial charge in [-0.05, 0) is 31.5 Å². The molecule has 0 saturated carbocycles. The minimum absolute atomic E-state index is 0.0337. The molecule has 0 aliphatic carbocycles. The van der Waals surface area contributed by atoms with Gasteiger partial charge in [-0.15, -0.1) is 0 Å². The van der Waals surface area contributed by atoms with Gasteiger partial charge in [0.15, 0.2) is 0 Å². The van der Waals surface area contributed by atoms with Crippen LogP contribution in [-0.4, -0.2) is 30.1 Å². The van der Waals surface area contributed by atoms with Gasteiger partial charge in [-0.25, -0.2) is 0 Å². The van der Waals surface area contributed by atoms with Crippen molar-refractivity contribution in [3.8, 4) is 0 Å². The maximum atomic E-state index is 12.6. The van der Waals surface area contributed by atoms with Crippen molar-refractivity contribution in [3.63, 3.8) is 0 Å². The van der Waals surface area contributed by atoms with Crippen molar-refractivity contribution in [3.05, 3.63) is 66.2 Å². The molecular weight excluding hydrogens is 352 g/mol. The van der Waals surface area contributed by atoms with Gasteiger partial charge in [0.1, 0.15) is 5.71 Å². The summed E-state index contributed by atoms with van der Waals surface area (Å²) < 4.78 is 0. The third-order valence-corrected chi connectivity index (χ3v) is 4.46. The highest BCUT2D eigenvalue weighted by atomic mass is 16.2. The number of benzene rings is 2. The molecule has 6 nitrogen and oxygen atoms in total. The molecule has 146 valence electrons.